The first-order valence-electron chi connectivity index (χ1n) is 6.19. The lowest BCUT2D eigenvalue weighted by Crippen LogP contribution is -2.14. The first-order chi connectivity index (χ1) is 9.16. The Balaban J connectivity index is 1.95. The molecule has 3 heteroatoms. The number of hydrogen-bond acceptors (Lipinski definition) is 2. The van der Waals surface area contributed by atoms with Gasteiger partial charge in [0.1, 0.15) is 18.2 Å². The van der Waals surface area contributed by atoms with Crippen LogP contribution in [-0.2, 0) is 0 Å². The summed E-state index contributed by atoms with van der Waals surface area (Å²) in [5.41, 5.74) is 1.93. The Morgan fingerprint density at radius 3 is 2.84 bits per heavy atom. The summed E-state index contributed by atoms with van der Waals surface area (Å²) in [4.78, 5) is 12.5. The summed E-state index contributed by atoms with van der Waals surface area (Å²) in [6.07, 6.45) is 0. The van der Waals surface area contributed by atoms with Crippen LogP contribution in [0.15, 0.2) is 42.5 Å². The van der Waals surface area contributed by atoms with Crippen molar-refractivity contribution in [1.82, 2.24) is 0 Å². The van der Waals surface area contributed by atoms with Crippen molar-refractivity contribution in [1.29, 1.82) is 0 Å². The topological polar surface area (TPSA) is 26.3 Å². The number of hydrogen-bond donors (Lipinski definition) is 0. The fourth-order valence-electron chi connectivity index (χ4n) is 2.38. The molecule has 1 heterocycles. The van der Waals surface area contributed by atoms with Crippen LogP contribution in [0.3, 0.4) is 0 Å². The third-order valence-corrected chi connectivity index (χ3v) is 3.46. The fourth-order valence-corrected chi connectivity index (χ4v) is 2.38. The van der Waals surface area contributed by atoms with Gasteiger partial charge < -0.3 is 4.74 Å². The molecular formula is C16H13FO2. The molecular weight excluding hydrogens is 243 g/mol. The van der Waals surface area contributed by atoms with E-state index in [1.165, 1.54) is 12.1 Å². The lowest BCUT2D eigenvalue weighted by Gasteiger charge is -2.08. The van der Waals surface area contributed by atoms with Gasteiger partial charge in [-0.1, -0.05) is 18.2 Å². The number of Topliss-reactive ketones (excluding diaryl/α,β-unsaturated/α-hetero) is 1. The van der Waals surface area contributed by atoms with Gasteiger partial charge in [0, 0.05) is 11.1 Å². The predicted molar refractivity (Wildman–Crippen MR) is 70.1 cm³/mol. The zero-order chi connectivity index (χ0) is 13.4. The van der Waals surface area contributed by atoms with Gasteiger partial charge in [0.05, 0.1) is 5.92 Å². The van der Waals surface area contributed by atoms with E-state index in [0.717, 1.165) is 11.3 Å². The van der Waals surface area contributed by atoms with Gasteiger partial charge in [-0.15, -0.1) is 0 Å². The molecule has 3 rings (SSSR count). The molecule has 1 atom stereocenters. The van der Waals surface area contributed by atoms with Gasteiger partial charge in [0.15, 0.2) is 5.78 Å². The van der Waals surface area contributed by atoms with Crippen LogP contribution >= 0.6 is 0 Å². The second-order valence-electron chi connectivity index (χ2n) is 4.73. The second-order valence-corrected chi connectivity index (χ2v) is 4.73. The summed E-state index contributed by atoms with van der Waals surface area (Å²) >= 11 is 0. The van der Waals surface area contributed by atoms with Gasteiger partial charge in [-0.3, -0.25) is 4.79 Å². The van der Waals surface area contributed by atoms with Crippen LogP contribution in [0.2, 0.25) is 0 Å². The van der Waals surface area contributed by atoms with Crippen molar-refractivity contribution >= 4 is 5.78 Å². The third-order valence-electron chi connectivity index (χ3n) is 3.46. The summed E-state index contributed by atoms with van der Waals surface area (Å²) in [5.74, 6) is 0.161. The number of para-hydroxylation sites is 1. The van der Waals surface area contributed by atoms with E-state index in [0.29, 0.717) is 17.7 Å². The molecule has 1 aliphatic heterocycles. The molecule has 2 aromatic carbocycles. The van der Waals surface area contributed by atoms with Gasteiger partial charge in [-0.25, -0.2) is 4.39 Å². The maximum atomic E-state index is 13.2. The number of carbonyl (C=O) groups is 1. The third kappa shape index (κ3) is 2.01. The van der Waals surface area contributed by atoms with Gasteiger partial charge in [-0.2, -0.15) is 0 Å². The number of rotatable bonds is 2. The largest absolute Gasteiger partial charge is 0.492 e. The van der Waals surface area contributed by atoms with Crippen LogP contribution in [0.4, 0.5) is 4.39 Å². The maximum absolute atomic E-state index is 13.2. The van der Waals surface area contributed by atoms with Crippen LogP contribution in [0, 0.1) is 12.7 Å². The minimum Gasteiger partial charge on any atom is -0.492 e. The van der Waals surface area contributed by atoms with E-state index < -0.39 is 0 Å². The van der Waals surface area contributed by atoms with E-state index in [-0.39, 0.29) is 17.5 Å². The lowest BCUT2D eigenvalue weighted by molar-refractivity contribution is 0.0947. The van der Waals surface area contributed by atoms with Crippen LogP contribution in [-0.4, -0.2) is 12.4 Å². The van der Waals surface area contributed by atoms with E-state index in [4.69, 9.17) is 4.74 Å². The van der Waals surface area contributed by atoms with Crippen molar-refractivity contribution in [2.45, 2.75) is 12.8 Å². The summed E-state index contributed by atoms with van der Waals surface area (Å²) < 4.78 is 18.8. The van der Waals surface area contributed by atoms with Crippen LogP contribution < -0.4 is 4.74 Å². The van der Waals surface area contributed by atoms with E-state index in [1.807, 2.05) is 24.3 Å². The monoisotopic (exact) mass is 256 g/mol. The minimum atomic E-state index is -0.292. The molecule has 2 aromatic rings. The number of carbonyl (C=O) groups excluding carboxylic acids is 1. The van der Waals surface area contributed by atoms with Crippen molar-refractivity contribution in [2.24, 2.45) is 0 Å². The zero-order valence-corrected chi connectivity index (χ0v) is 10.5. The van der Waals surface area contributed by atoms with Gasteiger partial charge in [-0.05, 0) is 36.8 Å². The zero-order valence-electron chi connectivity index (χ0n) is 10.5. The SMILES string of the molecule is Cc1cc(C(=O)C2COc3ccccc32)ccc1F. The van der Waals surface area contributed by atoms with Crippen LogP contribution in [0.25, 0.3) is 0 Å². The fraction of sp³-hybridized carbons (Fsp3) is 0.188. The van der Waals surface area contributed by atoms with Crippen molar-refractivity contribution in [3.63, 3.8) is 0 Å². The smallest absolute Gasteiger partial charge is 0.173 e. The number of ether oxygens (including phenoxy) is 1. The second kappa shape index (κ2) is 4.50. The molecule has 0 N–H and O–H groups in total. The molecule has 0 aliphatic carbocycles. The number of benzene rings is 2. The van der Waals surface area contributed by atoms with E-state index >= 15 is 0 Å². The molecule has 0 aromatic heterocycles. The minimum absolute atomic E-state index is 0.0203. The Morgan fingerprint density at radius 1 is 1.26 bits per heavy atom. The van der Waals surface area contributed by atoms with Crippen molar-refractivity contribution in [2.75, 3.05) is 6.61 Å². The molecule has 0 saturated carbocycles. The Morgan fingerprint density at radius 2 is 2.05 bits per heavy atom. The highest BCUT2D eigenvalue weighted by Gasteiger charge is 2.30. The highest BCUT2D eigenvalue weighted by molar-refractivity contribution is 6.02. The highest BCUT2D eigenvalue weighted by Crippen LogP contribution is 2.35. The average Bonchev–Trinajstić information content (AvgIpc) is 2.85. The first kappa shape index (κ1) is 11.9. The number of fused-ring (bicyclic) bond motifs is 1. The molecule has 0 fully saturated rings. The molecule has 0 saturated heterocycles. The van der Waals surface area contributed by atoms with Gasteiger partial charge in [0.2, 0.25) is 0 Å². The van der Waals surface area contributed by atoms with Crippen LogP contribution in [0.1, 0.15) is 27.4 Å². The summed E-state index contributed by atoms with van der Waals surface area (Å²) in [7, 11) is 0. The molecule has 0 radical (unpaired) electrons. The van der Waals surface area contributed by atoms with E-state index in [1.54, 1.807) is 13.0 Å². The Kier molecular flexibility index (Phi) is 2.82. The lowest BCUT2D eigenvalue weighted by atomic mass is 9.92. The predicted octanol–water partition coefficient (Wildman–Crippen LogP) is 3.49. The summed E-state index contributed by atoms with van der Waals surface area (Å²) in [6, 6.07) is 12.0. The summed E-state index contributed by atoms with van der Waals surface area (Å²) in [6.45, 7) is 2.01. The van der Waals surface area contributed by atoms with Gasteiger partial charge >= 0.3 is 0 Å². The highest BCUT2D eigenvalue weighted by atomic mass is 19.1. The maximum Gasteiger partial charge on any atom is 0.173 e. The number of ketones is 1. The molecule has 2 nitrogen and oxygen atoms in total. The standard InChI is InChI=1S/C16H13FO2/c1-10-8-11(6-7-14(10)17)16(18)13-9-19-15-5-3-2-4-12(13)15/h2-8,13H,9H2,1H3. The molecule has 0 spiro atoms. The molecule has 1 unspecified atom stereocenters. The Bertz CT molecular complexity index is 649. The molecule has 0 bridgehead atoms. The first-order valence-corrected chi connectivity index (χ1v) is 6.19. The van der Waals surface area contributed by atoms with E-state index in [9.17, 15) is 9.18 Å². The molecule has 19 heavy (non-hydrogen) atoms. The molecule has 96 valence electrons. The van der Waals surface area contributed by atoms with Crippen molar-refractivity contribution in [3.8, 4) is 5.75 Å². The normalized spacial score (nSPS) is 16.8. The van der Waals surface area contributed by atoms with Crippen molar-refractivity contribution in [3.05, 3.63) is 65.0 Å². The van der Waals surface area contributed by atoms with Crippen LogP contribution in [0.5, 0.6) is 5.75 Å². The average molecular weight is 256 g/mol. The van der Waals surface area contributed by atoms with Gasteiger partial charge in [0.25, 0.3) is 0 Å². The molecule has 1 aliphatic rings. The molecule has 0 amide bonds. The number of halogens is 1. The Hall–Kier alpha value is -2.16. The van der Waals surface area contributed by atoms with E-state index in [2.05, 4.69) is 0 Å². The van der Waals surface area contributed by atoms with Crippen molar-refractivity contribution < 1.29 is 13.9 Å². The Labute approximate surface area is 110 Å². The summed E-state index contributed by atoms with van der Waals surface area (Å²) in [5, 5.41) is 0. The number of aryl methyl sites for hydroxylation is 1. The quantitative estimate of drug-likeness (QED) is 0.769.